The van der Waals surface area contributed by atoms with Gasteiger partial charge in [-0.05, 0) is 64.9 Å². The average Bonchev–Trinajstić information content (AvgIpc) is 3.44. The van der Waals surface area contributed by atoms with Gasteiger partial charge in [0.15, 0.2) is 0 Å². The summed E-state index contributed by atoms with van der Waals surface area (Å²) in [5.41, 5.74) is 2.18. The lowest BCUT2D eigenvalue weighted by Crippen LogP contribution is -2.45. The summed E-state index contributed by atoms with van der Waals surface area (Å²) in [6, 6.07) is 26.4. The maximum Gasteiger partial charge on any atom is 0.251 e. The van der Waals surface area contributed by atoms with E-state index in [1.165, 1.54) is 41.3 Å². The molecule has 0 bridgehead atoms. The summed E-state index contributed by atoms with van der Waals surface area (Å²) < 4.78 is 13.3. The third kappa shape index (κ3) is 6.74. The lowest BCUT2D eigenvalue weighted by atomic mass is 10.0. The Labute approximate surface area is 239 Å². The molecule has 0 aliphatic heterocycles. The number of nitrogens with zero attached hydrogens (tertiary/aromatic N) is 5. The molecule has 41 heavy (non-hydrogen) atoms. The number of nitrogens with one attached hydrogen (secondary N) is 1. The highest BCUT2D eigenvalue weighted by Gasteiger charge is 2.33. The molecule has 1 aromatic heterocycles. The van der Waals surface area contributed by atoms with Crippen molar-refractivity contribution in [2.24, 2.45) is 0 Å². The van der Waals surface area contributed by atoms with Crippen molar-refractivity contribution in [2.75, 3.05) is 4.90 Å². The number of carbonyl (C=O) groups excluding carboxylic acids is 2. The van der Waals surface area contributed by atoms with E-state index in [2.05, 4.69) is 20.7 Å². The number of benzene rings is 4. The smallest absolute Gasteiger partial charge is 0.251 e. The fraction of sp³-hybridized carbons (Fsp3) is 0.100. The van der Waals surface area contributed by atoms with Crippen LogP contribution in [0.25, 0.3) is 11.4 Å². The Morgan fingerprint density at radius 3 is 2.39 bits per heavy atom. The molecule has 4 aromatic carbocycles. The maximum atomic E-state index is 13.9. The second-order valence-corrected chi connectivity index (χ2v) is 9.53. The minimum atomic E-state index is -1.13. The molecule has 2 amide bonds. The molecular formula is C30H24ClFN6O3. The zero-order valence-electron chi connectivity index (χ0n) is 21.6. The first-order valence-corrected chi connectivity index (χ1v) is 13.0. The van der Waals surface area contributed by atoms with Crippen LogP contribution in [0.2, 0.25) is 5.02 Å². The third-order valence-corrected chi connectivity index (χ3v) is 6.46. The normalized spacial score (nSPS) is 11.6. The fourth-order valence-corrected chi connectivity index (χ4v) is 4.37. The van der Waals surface area contributed by atoms with Crippen LogP contribution in [0.15, 0.2) is 103 Å². The number of amides is 2. The van der Waals surface area contributed by atoms with Gasteiger partial charge in [-0.1, -0.05) is 60.1 Å². The highest BCUT2D eigenvalue weighted by molar-refractivity contribution is 6.30. The highest BCUT2D eigenvalue weighted by atomic mass is 35.5. The van der Waals surface area contributed by atoms with Crippen molar-refractivity contribution < 1.29 is 19.1 Å². The minimum Gasteiger partial charge on any atom is -0.508 e. The Morgan fingerprint density at radius 2 is 1.68 bits per heavy atom. The molecule has 0 aliphatic carbocycles. The molecule has 0 saturated heterocycles. The van der Waals surface area contributed by atoms with E-state index in [-0.39, 0.29) is 30.4 Å². The van der Waals surface area contributed by atoms with Crippen molar-refractivity contribution >= 4 is 29.1 Å². The largest absolute Gasteiger partial charge is 0.508 e. The summed E-state index contributed by atoms with van der Waals surface area (Å²) in [6.07, 6.45) is 0. The molecule has 1 atom stereocenters. The van der Waals surface area contributed by atoms with Crippen LogP contribution >= 0.6 is 11.6 Å². The highest BCUT2D eigenvalue weighted by Crippen LogP contribution is 2.31. The Bertz CT molecular complexity index is 1650. The van der Waals surface area contributed by atoms with Crippen LogP contribution in [-0.2, 0) is 22.7 Å². The first kappa shape index (κ1) is 27.5. The summed E-state index contributed by atoms with van der Waals surface area (Å²) in [5, 5.41) is 25.8. The molecule has 11 heteroatoms. The number of anilines is 1. The Balaban J connectivity index is 1.49. The van der Waals surface area contributed by atoms with Crippen LogP contribution in [0, 0.1) is 5.82 Å². The summed E-state index contributed by atoms with van der Waals surface area (Å²) >= 11 is 6.12. The average molecular weight is 571 g/mol. The van der Waals surface area contributed by atoms with Crippen LogP contribution in [0.5, 0.6) is 5.75 Å². The number of hydrogen-bond acceptors (Lipinski definition) is 6. The second-order valence-electron chi connectivity index (χ2n) is 9.09. The Kier molecular flexibility index (Phi) is 8.31. The van der Waals surface area contributed by atoms with E-state index in [0.29, 0.717) is 16.1 Å². The van der Waals surface area contributed by atoms with Gasteiger partial charge in [-0.15, -0.1) is 10.2 Å². The SMILES string of the molecule is O=C(NCc1ccccc1)C(c1ccc(Cl)cc1)N(C(=O)Cn1nnc(-c2ccc(F)cc2)n1)c1cccc(O)c1. The zero-order valence-corrected chi connectivity index (χ0v) is 22.3. The van der Waals surface area contributed by atoms with Gasteiger partial charge in [0.2, 0.25) is 11.7 Å². The number of rotatable bonds is 9. The molecule has 1 unspecified atom stereocenters. The Hall–Kier alpha value is -5.09. The van der Waals surface area contributed by atoms with Crippen LogP contribution in [0.4, 0.5) is 10.1 Å². The fourth-order valence-electron chi connectivity index (χ4n) is 4.25. The van der Waals surface area contributed by atoms with Gasteiger partial charge in [-0.25, -0.2) is 4.39 Å². The topological polar surface area (TPSA) is 113 Å². The monoisotopic (exact) mass is 570 g/mol. The van der Waals surface area contributed by atoms with Crippen LogP contribution in [0.3, 0.4) is 0 Å². The van der Waals surface area contributed by atoms with Gasteiger partial charge in [-0.3, -0.25) is 14.5 Å². The molecular weight excluding hydrogens is 547 g/mol. The predicted molar refractivity (Wildman–Crippen MR) is 151 cm³/mol. The van der Waals surface area contributed by atoms with E-state index in [1.54, 1.807) is 36.4 Å². The van der Waals surface area contributed by atoms with E-state index < -0.39 is 23.7 Å². The molecule has 0 fully saturated rings. The Morgan fingerprint density at radius 1 is 0.951 bits per heavy atom. The lowest BCUT2D eigenvalue weighted by molar-refractivity contribution is -0.127. The molecule has 5 rings (SSSR count). The summed E-state index contributed by atoms with van der Waals surface area (Å²) in [7, 11) is 0. The van der Waals surface area contributed by atoms with Gasteiger partial charge < -0.3 is 10.4 Å². The number of hydrogen-bond donors (Lipinski definition) is 2. The summed E-state index contributed by atoms with van der Waals surface area (Å²) in [4.78, 5) is 30.1. The van der Waals surface area contributed by atoms with E-state index >= 15 is 0 Å². The lowest BCUT2D eigenvalue weighted by Gasteiger charge is -2.31. The number of tetrazole rings is 1. The maximum absolute atomic E-state index is 13.9. The van der Waals surface area contributed by atoms with Gasteiger partial charge in [0.05, 0.1) is 0 Å². The van der Waals surface area contributed by atoms with Crippen molar-refractivity contribution in [3.8, 4) is 17.1 Å². The quantitative estimate of drug-likeness (QED) is 0.260. The van der Waals surface area contributed by atoms with Crippen molar-refractivity contribution in [3.63, 3.8) is 0 Å². The van der Waals surface area contributed by atoms with Gasteiger partial charge >= 0.3 is 0 Å². The van der Waals surface area contributed by atoms with Crippen LogP contribution in [-0.4, -0.2) is 37.1 Å². The third-order valence-electron chi connectivity index (χ3n) is 6.21. The molecule has 1 heterocycles. The number of carbonyl (C=O) groups is 2. The molecule has 5 aromatic rings. The minimum absolute atomic E-state index is 0.0858. The second kappa shape index (κ2) is 12.4. The van der Waals surface area contributed by atoms with E-state index in [4.69, 9.17) is 11.6 Å². The molecule has 2 N–H and O–H groups in total. The molecule has 9 nitrogen and oxygen atoms in total. The number of halogens is 2. The van der Waals surface area contributed by atoms with Gasteiger partial charge in [0.1, 0.15) is 24.2 Å². The van der Waals surface area contributed by atoms with Crippen molar-refractivity contribution in [1.29, 1.82) is 0 Å². The first-order valence-electron chi connectivity index (χ1n) is 12.6. The number of phenolic OH excluding ortho intramolecular Hbond substituents is 1. The van der Waals surface area contributed by atoms with Crippen LogP contribution < -0.4 is 10.2 Å². The summed E-state index contributed by atoms with van der Waals surface area (Å²) in [6.45, 7) is -0.141. The summed E-state index contributed by atoms with van der Waals surface area (Å²) in [5.74, 6) is -1.29. The van der Waals surface area contributed by atoms with Gasteiger partial charge in [0.25, 0.3) is 5.91 Å². The molecule has 0 spiro atoms. The van der Waals surface area contributed by atoms with Crippen molar-refractivity contribution in [2.45, 2.75) is 19.1 Å². The first-order chi connectivity index (χ1) is 19.9. The van der Waals surface area contributed by atoms with Crippen LogP contribution in [0.1, 0.15) is 17.2 Å². The van der Waals surface area contributed by atoms with E-state index in [0.717, 1.165) is 10.4 Å². The number of aromatic hydroxyl groups is 1. The molecule has 0 aliphatic rings. The number of aromatic nitrogens is 4. The molecule has 0 radical (unpaired) electrons. The van der Waals surface area contributed by atoms with E-state index in [9.17, 15) is 19.1 Å². The van der Waals surface area contributed by atoms with Gasteiger partial charge in [-0.2, -0.15) is 4.80 Å². The van der Waals surface area contributed by atoms with E-state index in [1.807, 2.05) is 30.3 Å². The zero-order chi connectivity index (χ0) is 28.8. The number of phenols is 1. The molecule has 206 valence electrons. The standard InChI is InChI=1S/C30H24ClFN6O3/c31-23-13-9-21(10-14-23)28(30(41)33-18-20-5-2-1-3-6-20)38(25-7-4-8-26(39)17-25)27(40)19-37-35-29(34-36-37)22-11-15-24(32)16-12-22/h1-17,28,39H,18-19H2,(H,33,41). The predicted octanol–water partition coefficient (Wildman–Crippen LogP) is 4.93. The van der Waals surface area contributed by atoms with Crippen molar-refractivity contribution in [1.82, 2.24) is 25.5 Å². The van der Waals surface area contributed by atoms with Gasteiger partial charge in [0, 0.05) is 28.9 Å². The molecule has 0 saturated carbocycles. The van der Waals surface area contributed by atoms with Crippen molar-refractivity contribution in [3.05, 3.63) is 125 Å².